The molecule has 0 aliphatic heterocycles. The number of hydrogen-bond donors (Lipinski definition) is 2. The molecule has 4 nitrogen and oxygen atoms in total. The quantitative estimate of drug-likeness (QED) is 0.659. The molecular formula is C12H27O4P. The summed E-state index contributed by atoms with van der Waals surface area (Å²) in [7, 11) is -4.37. The lowest BCUT2D eigenvalue weighted by Gasteiger charge is -2.24. The second kappa shape index (κ2) is 7.52. The van der Waals surface area contributed by atoms with Gasteiger partial charge in [0.05, 0.1) is 6.10 Å². The summed E-state index contributed by atoms with van der Waals surface area (Å²) in [5.41, 5.74) is 0. The molecule has 0 saturated heterocycles. The minimum atomic E-state index is -4.37. The van der Waals surface area contributed by atoms with Gasteiger partial charge in [-0.15, -0.1) is 0 Å². The van der Waals surface area contributed by atoms with Crippen LogP contribution in [0.3, 0.4) is 0 Å². The molecule has 0 fully saturated rings. The van der Waals surface area contributed by atoms with Crippen LogP contribution < -0.4 is 0 Å². The van der Waals surface area contributed by atoms with E-state index in [-0.39, 0.29) is 6.10 Å². The van der Waals surface area contributed by atoms with Gasteiger partial charge in [0.2, 0.25) is 0 Å². The van der Waals surface area contributed by atoms with Crippen LogP contribution in [0.1, 0.15) is 53.9 Å². The lowest BCUT2D eigenvalue weighted by Crippen LogP contribution is -2.18. The molecule has 0 heterocycles. The predicted octanol–water partition coefficient (Wildman–Crippen LogP) is 3.58. The van der Waals surface area contributed by atoms with E-state index < -0.39 is 7.82 Å². The van der Waals surface area contributed by atoms with Crippen LogP contribution in [0, 0.1) is 17.8 Å². The molecule has 0 aromatic heterocycles. The number of rotatable bonds is 8. The normalized spacial score (nSPS) is 16.5. The molecule has 104 valence electrons. The summed E-state index contributed by atoms with van der Waals surface area (Å²) in [6, 6.07) is 0. The highest BCUT2D eigenvalue weighted by Gasteiger charge is 2.24. The van der Waals surface area contributed by atoms with E-state index in [4.69, 9.17) is 14.3 Å². The van der Waals surface area contributed by atoms with Crippen molar-refractivity contribution in [2.24, 2.45) is 17.8 Å². The lowest BCUT2D eigenvalue weighted by molar-refractivity contribution is 0.0962. The van der Waals surface area contributed by atoms with Gasteiger partial charge in [-0.2, -0.15) is 0 Å². The number of phosphoric ester groups is 1. The van der Waals surface area contributed by atoms with Gasteiger partial charge in [0, 0.05) is 0 Å². The predicted molar refractivity (Wildman–Crippen MR) is 69.6 cm³/mol. The van der Waals surface area contributed by atoms with Crippen molar-refractivity contribution in [1.82, 2.24) is 0 Å². The Balaban J connectivity index is 4.33. The molecule has 0 aliphatic rings. The van der Waals surface area contributed by atoms with E-state index in [1.165, 1.54) is 0 Å². The minimum absolute atomic E-state index is 0.343. The van der Waals surface area contributed by atoms with Crippen molar-refractivity contribution < 1.29 is 18.9 Å². The van der Waals surface area contributed by atoms with Gasteiger partial charge in [-0.1, -0.05) is 34.6 Å². The maximum atomic E-state index is 10.9. The Bertz CT molecular complexity index is 247. The van der Waals surface area contributed by atoms with Gasteiger partial charge in [-0.05, 0) is 37.0 Å². The molecule has 0 rings (SSSR count). The molecular weight excluding hydrogens is 239 g/mol. The molecule has 5 heteroatoms. The molecule has 2 atom stereocenters. The fourth-order valence-corrected chi connectivity index (χ4v) is 2.81. The molecule has 0 radical (unpaired) electrons. The van der Waals surface area contributed by atoms with E-state index in [9.17, 15) is 4.57 Å². The van der Waals surface area contributed by atoms with E-state index in [0.29, 0.717) is 30.6 Å². The van der Waals surface area contributed by atoms with Crippen molar-refractivity contribution in [3.8, 4) is 0 Å². The highest BCUT2D eigenvalue weighted by Crippen LogP contribution is 2.40. The van der Waals surface area contributed by atoms with Gasteiger partial charge in [-0.3, -0.25) is 4.52 Å². The highest BCUT2D eigenvalue weighted by molar-refractivity contribution is 7.46. The molecule has 0 aliphatic carbocycles. The minimum Gasteiger partial charge on any atom is -0.303 e. The van der Waals surface area contributed by atoms with E-state index in [2.05, 4.69) is 20.8 Å². The fraction of sp³-hybridized carbons (Fsp3) is 1.00. The van der Waals surface area contributed by atoms with Crippen molar-refractivity contribution in [2.45, 2.75) is 60.0 Å². The zero-order valence-electron chi connectivity index (χ0n) is 11.6. The van der Waals surface area contributed by atoms with Crippen LogP contribution in [0.5, 0.6) is 0 Å². The lowest BCUT2D eigenvalue weighted by atomic mass is 9.91. The Labute approximate surface area is 105 Å². The highest BCUT2D eigenvalue weighted by atomic mass is 31.2. The van der Waals surface area contributed by atoms with Crippen molar-refractivity contribution >= 4 is 7.82 Å². The topological polar surface area (TPSA) is 66.8 Å². The van der Waals surface area contributed by atoms with Gasteiger partial charge in [0.1, 0.15) is 0 Å². The monoisotopic (exact) mass is 266 g/mol. The molecule has 0 aromatic rings. The van der Waals surface area contributed by atoms with Gasteiger partial charge < -0.3 is 9.79 Å². The van der Waals surface area contributed by atoms with Gasteiger partial charge >= 0.3 is 7.82 Å². The van der Waals surface area contributed by atoms with E-state index in [1.807, 2.05) is 13.8 Å². The molecule has 0 bridgehead atoms. The molecule has 17 heavy (non-hydrogen) atoms. The van der Waals surface area contributed by atoms with Crippen molar-refractivity contribution in [1.29, 1.82) is 0 Å². The summed E-state index contributed by atoms with van der Waals surface area (Å²) in [6.45, 7) is 10.5. The zero-order valence-corrected chi connectivity index (χ0v) is 12.5. The summed E-state index contributed by atoms with van der Waals surface area (Å²) in [4.78, 5) is 17.8. The summed E-state index contributed by atoms with van der Waals surface area (Å²) in [5, 5.41) is 0. The van der Waals surface area contributed by atoms with Gasteiger partial charge in [0.15, 0.2) is 0 Å². The third-order valence-corrected chi connectivity index (χ3v) is 3.13. The average molecular weight is 266 g/mol. The Morgan fingerprint density at radius 1 is 0.941 bits per heavy atom. The van der Waals surface area contributed by atoms with E-state index in [1.54, 1.807) is 0 Å². The Morgan fingerprint density at radius 2 is 1.41 bits per heavy atom. The smallest absolute Gasteiger partial charge is 0.303 e. The molecule has 0 amide bonds. The summed E-state index contributed by atoms with van der Waals surface area (Å²) >= 11 is 0. The maximum absolute atomic E-state index is 10.9. The van der Waals surface area contributed by atoms with Crippen LogP contribution in [-0.4, -0.2) is 15.9 Å². The van der Waals surface area contributed by atoms with Crippen LogP contribution in [0.15, 0.2) is 0 Å². The average Bonchev–Trinajstić information content (AvgIpc) is 1.95. The first-order valence-electron chi connectivity index (χ1n) is 6.34. The van der Waals surface area contributed by atoms with Gasteiger partial charge in [-0.25, -0.2) is 4.57 Å². The number of phosphoric acid groups is 1. The summed E-state index contributed by atoms with van der Waals surface area (Å²) in [5.74, 6) is 1.39. The first-order chi connectivity index (χ1) is 7.60. The van der Waals surface area contributed by atoms with E-state index >= 15 is 0 Å². The number of hydrogen-bond acceptors (Lipinski definition) is 2. The van der Waals surface area contributed by atoms with Crippen molar-refractivity contribution in [2.75, 3.05) is 0 Å². The first-order valence-corrected chi connectivity index (χ1v) is 7.87. The zero-order chi connectivity index (χ0) is 13.6. The molecule has 2 unspecified atom stereocenters. The van der Waals surface area contributed by atoms with Crippen LogP contribution >= 0.6 is 7.82 Å². The van der Waals surface area contributed by atoms with Crippen LogP contribution in [0.2, 0.25) is 0 Å². The molecule has 0 aromatic carbocycles. The Morgan fingerprint density at radius 3 is 1.76 bits per heavy atom. The third-order valence-electron chi connectivity index (χ3n) is 2.56. The fourth-order valence-electron chi connectivity index (χ4n) is 2.25. The summed E-state index contributed by atoms with van der Waals surface area (Å²) in [6.07, 6.45) is 2.11. The van der Waals surface area contributed by atoms with Crippen molar-refractivity contribution in [3.63, 3.8) is 0 Å². The van der Waals surface area contributed by atoms with Crippen LogP contribution in [0.25, 0.3) is 0 Å². The third kappa shape index (κ3) is 11.0. The SMILES string of the molecule is CC(C)CC(C)CC(CC(C)C)OP(=O)(O)O. The Hall–Kier alpha value is 0.110. The molecule has 0 saturated carbocycles. The summed E-state index contributed by atoms with van der Waals surface area (Å²) < 4.78 is 15.8. The van der Waals surface area contributed by atoms with Crippen LogP contribution in [0.4, 0.5) is 0 Å². The van der Waals surface area contributed by atoms with Crippen LogP contribution in [-0.2, 0) is 9.09 Å². The first kappa shape index (κ1) is 17.1. The van der Waals surface area contributed by atoms with E-state index in [0.717, 1.165) is 6.42 Å². The van der Waals surface area contributed by atoms with Crippen molar-refractivity contribution in [3.05, 3.63) is 0 Å². The second-order valence-corrected chi connectivity index (χ2v) is 7.01. The largest absolute Gasteiger partial charge is 0.469 e. The molecule has 2 N–H and O–H groups in total. The Kier molecular flexibility index (Phi) is 7.57. The standard InChI is InChI=1S/C12H27O4P/c1-9(2)6-11(5)8-12(7-10(3)4)16-17(13,14)15/h9-12H,6-8H2,1-5H3,(H2,13,14,15). The molecule has 0 spiro atoms. The second-order valence-electron chi connectivity index (χ2n) is 5.82. The van der Waals surface area contributed by atoms with Gasteiger partial charge in [0.25, 0.3) is 0 Å². The maximum Gasteiger partial charge on any atom is 0.469 e.